The van der Waals surface area contributed by atoms with Gasteiger partial charge in [0.25, 0.3) is 0 Å². The van der Waals surface area contributed by atoms with Crippen molar-refractivity contribution in [3.05, 3.63) is 0 Å². The topological polar surface area (TPSA) is 35.2 Å². The van der Waals surface area contributed by atoms with Crippen molar-refractivity contribution in [1.29, 1.82) is 0 Å². The molecule has 0 heterocycles. The van der Waals surface area contributed by atoms with Crippen LogP contribution in [0.15, 0.2) is 0 Å². The average Bonchev–Trinajstić information content (AvgIpc) is 2.29. The van der Waals surface area contributed by atoms with E-state index in [9.17, 15) is 0 Å². The summed E-state index contributed by atoms with van der Waals surface area (Å²) in [4.78, 5) is 0. The zero-order valence-electron chi connectivity index (χ0n) is 11.1. The van der Waals surface area contributed by atoms with Gasteiger partial charge in [0.15, 0.2) is 0 Å². The van der Waals surface area contributed by atoms with Gasteiger partial charge in [-0.3, -0.25) is 0 Å². The van der Waals surface area contributed by atoms with Gasteiger partial charge in [0, 0.05) is 19.3 Å². The Morgan fingerprint density at radius 2 is 1.88 bits per heavy atom. The molecule has 2 heteroatoms. The molecule has 2 N–H and O–H groups in total. The molecule has 96 valence electrons. The molecule has 0 amide bonds. The van der Waals surface area contributed by atoms with Crippen LogP contribution in [0.2, 0.25) is 0 Å². The van der Waals surface area contributed by atoms with Crippen molar-refractivity contribution in [2.24, 2.45) is 17.6 Å². The highest BCUT2D eigenvalue weighted by molar-refractivity contribution is 4.78. The first-order chi connectivity index (χ1) is 7.74. The summed E-state index contributed by atoms with van der Waals surface area (Å²) in [7, 11) is 0. The molecule has 0 spiro atoms. The molecule has 0 aromatic rings. The maximum Gasteiger partial charge on any atom is 0.0480 e. The van der Waals surface area contributed by atoms with Gasteiger partial charge in [0.2, 0.25) is 0 Å². The Bertz CT molecular complexity index is 164. The zero-order valence-corrected chi connectivity index (χ0v) is 11.1. The highest BCUT2D eigenvalue weighted by Gasteiger charge is 2.23. The SMILES string of the molecule is CCCCOCCC(N)C1CCC(C)CC1. The largest absolute Gasteiger partial charge is 0.381 e. The maximum atomic E-state index is 6.23. The maximum absolute atomic E-state index is 6.23. The average molecular weight is 227 g/mol. The van der Waals surface area contributed by atoms with Gasteiger partial charge in [-0.2, -0.15) is 0 Å². The highest BCUT2D eigenvalue weighted by atomic mass is 16.5. The fraction of sp³-hybridized carbons (Fsp3) is 1.00. The molecule has 16 heavy (non-hydrogen) atoms. The summed E-state index contributed by atoms with van der Waals surface area (Å²) >= 11 is 0. The number of hydrogen-bond acceptors (Lipinski definition) is 2. The molecule has 2 nitrogen and oxygen atoms in total. The first-order valence-electron chi connectivity index (χ1n) is 7.07. The quantitative estimate of drug-likeness (QED) is 0.677. The fourth-order valence-electron chi connectivity index (χ4n) is 2.52. The lowest BCUT2D eigenvalue weighted by Crippen LogP contribution is -2.33. The second kappa shape index (κ2) is 8.08. The molecule has 1 saturated carbocycles. The van der Waals surface area contributed by atoms with E-state index in [4.69, 9.17) is 10.5 Å². The van der Waals surface area contributed by atoms with Crippen molar-refractivity contribution in [3.63, 3.8) is 0 Å². The molecule has 1 aliphatic carbocycles. The molecule has 1 unspecified atom stereocenters. The smallest absolute Gasteiger partial charge is 0.0480 e. The van der Waals surface area contributed by atoms with Gasteiger partial charge in [-0.15, -0.1) is 0 Å². The van der Waals surface area contributed by atoms with Crippen molar-refractivity contribution in [2.75, 3.05) is 13.2 Å². The van der Waals surface area contributed by atoms with Crippen LogP contribution in [0, 0.1) is 11.8 Å². The Hall–Kier alpha value is -0.0800. The van der Waals surface area contributed by atoms with E-state index < -0.39 is 0 Å². The Balaban J connectivity index is 2.03. The molecule has 0 aliphatic heterocycles. The molecule has 1 fully saturated rings. The second-order valence-electron chi connectivity index (χ2n) is 5.44. The summed E-state index contributed by atoms with van der Waals surface area (Å²) < 4.78 is 5.58. The summed E-state index contributed by atoms with van der Waals surface area (Å²) in [5.41, 5.74) is 6.23. The molecule has 0 bridgehead atoms. The minimum absolute atomic E-state index is 0.370. The Labute approximate surface area is 101 Å². The predicted molar refractivity (Wildman–Crippen MR) is 69.4 cm³/mol. The lowest BCUT2D eigenvalue weighted by molar-refractivity contribution is 0.114. The molecule has 0 saturated heterocycles. The molecular formula is C14H29NO. The molecule has 0 aromatic heterocycles. The summed E-state index contributed by atoms with van der Waals surface area (Å²) in [6.45, 7) is 6.31. The summed E-state index contributed by atoms with van der Waals surface area (Å²) in [5, 5.41) is 0. The van der Waals surface area contributed by atoms with Crippen LogP contribution in [0.4, 0.5) is 0 Å². The van der Waals surface area contributed by atoms with Crippen LogP contribution in [-0.4, -0.2) is 19.3 Å². The van der Waals surface area contributed by atoms with E-state index in [1.165, 1.54) is 38.5 Å². The Morgan fingerprint density at radius 3 is 2.50 bits per heavy atom. The number of nitrogens with two attached hydrogens (primary N) is 1. The Kier molecular flexibility index (Phi) is 7.06. The van der Waals surface area contributed by atoms with Gasteiger partial charge in [0.05, 0.1) is 0 Å². The van der Waals surface area contributed by atoms with Crippen molar-refractivity contribution in [2.45, 2.75) is 64.8 Å². The van der Waals surface area contributed by atoms with E-state index >= 15 is 0 Å². The molecule has 1 rings (SSSR count). The summed E-state index contributed by atoms with van der Waals surface area (Å²) in [5.74, 6) is 1.68. The van der Waals surface area contributed by atoms with Crippen LogP contribution < -0.4 is 5.73 Å². The second-order valence-corrected chi connectivity index (χ2v) is 5.44. The van der Waals surface area contributed by atoms with Crippen molar-refractivity contribution >= 4 is 0 Å². The summed E-state index contributed by atoms with van der Waals surface area (Å²) in [6.07, 6.45) is 8.84. The van der Waals surface area contributed by atoms with E-state index in [1.54, 1.807) is 0 Å². The van der Waals surface area contributed by atoms with Gasteiger partial charge in [-0.25, -0.2) is 0 Å². The standard InChI is InChI=1S/C14H29NO/c1-3-4-10-16-11-9-14(15)13-7-5-12(2)6-8-13/h12-14H,3-11,15H2,1-2H3. The van der Waals surface area contributed by atoms with Gasteiger partial charge in [-0.05, 0) is 37.5 Å². The third-order valence-electron chi connectivity index (χ3n) is 3.90. The third kappa shape index (κ3) is 5.31. The van der Waals surface area contributed by atoms with E-state index in [0.717, 1.165) is 31.5 Å². The fourth-order valence-corrected chi connectivity index (χ4v) is 2.52. The normalized spacial score (nSPS) is 27.9. The lowest BCUT2D eigenvalue weighted by Gasteiger charge is -2.30. The van der Waals surface area contributed by atoms with E-state index in [1.807, 2.05) is 0 Å². The van der Waals surface area contributed by atoms with Crippen LogP contribution in [0.3, 0.4) is 0 Å². The molecule has 0 radical (unpaired) electrons. The minimum atomic E-state index is 0.370. The van der Waals surface area contributed by atoms with Gasteiger partial charge in [0.1, 0.15) is 0 Å². The number of rotatable bonds is 7. The van der Waals surface area contributed by atoms with Crippen LogP contribution >= 0.6 is 0 Å². The molecule has 0 aromatic carbocycles. The van der Waals surface area contributed by atoms with Crippen molar-refractivity contribution < 1.29 is 4.74 Å². The van der Waals surface area contributed by atoms with Crippen LogP contribution in [0.5, 0.6) is 0 Å². The summed E-state index contributed by atoms with van der Waals surface area (Å²) in [6, 6.07) is 0.370. The zero-order chi connectivity index (χ0) is 11.8. The van der Waals surface area contributed by atoms with E-state index in [0.29, 0.717) is 6.04 Å². The molecule has 1 aliphatic rings. The molecular weight excluding hydrogens is 198 g/mol. The number of unbranched alkanes of at least 4 members (excludes halogenated alkanes) is 1. The Morgan fingerprint density at radius 1 is 1.19 bits per heavy atom. The van der Waals surface area contributed by atoms with E-state index in [2.05, 4.69) is 13.8 Å². The first-order valence-corrected chi connectivity index (χ1v) is 7.07. The van der Waals surface area contributed by atoms with Gasteiger partial charge in [-0.1, -0.05) is 33.1 Å². The minimum Gasteiger partial charge on any atom is -0.381 e. The third-order valence-corrected chi connectivity index (χ3v) is 3.90. The predicted octanol–water partition coefficient (Wildman–Crippen LogP) is 3.35. The van der Waals surface area contributed by atoms with Crippen LogP contribution in [-0.2, 0) is 4.74 Å². The number of ether oxygens (including phenoxy) is 1. The van der Waals surface area contributed by atoms with E-state index in [-0.39, 0.29) is 0 Å². The van der Waals surface area contributed by atoms with Crippen molar-refractivity contribution in [1.82, 2.24) is 0 Å². The highest BCUT2D eigenvalue weighted by Crippen LogP contribution is 2.30. The number of hydrogen-bond donors (Lipinski definition) is 1. The van der Waals surface area contributed by atoms with Gasteiger partial charge >= 0.3 is 0 Å². The lowest BCUT2D eigenvalue weighted by atomic mass is 9.79. The monoisotopic (exact) mass is 227 g/mol. The van der Waals surface area contributed by atoms with Crippen LogP contribution in [0.25, 0.3) is 0 Å². The van der Waals surface area contributed by atoms with Crippen LogP contribution in [0.1, 0.15) is 58.8 Å². The molecule has 1 atom stereocenters. The van der Waals surface area contributed by atoms with Crippen molar-refractivity contribution in [3.8, 4) is 0 Å². The first kappa shape index (κ1) is 14.0. The van der Waals surface area contributed by atoms with Gasteiger partial charge < -0.3 is 10.5 Å².